The fourth-order valence-electron chi connectivity index (χ4n) is 2.83. The summed E-state index contributed by atoms with van der Waals surface area (Å²) in [5, 5.41) is 2.05. The van der Waals surface area contributed by atoms with Crippen molar-refractivity contribution in [3.05, 3.63) is 58.3 Å². The number of amides is 1. The molecular formula is C18H21NO2S. The normalized spacial score (nSPS) is 19.9. The average molecular weight is 315 g/mol. The number of carbonyl (C=O) groups excluding carboxylic acids is 1. The molecule has 1 fully saturated rings. The second-order valence-electron chi connectivity index (χ2n) is 5.69. The number of carbonyl (C=O) groups is 1. The van der Waals surface area contributed by atoms with E-state index < -0.39 is 0 Å². The molecule has 1 saturated carbocycles. The van der Waals surface area contributed by atoms with Crippen LogP contribution in [0.3, 0.4) is 0 Å². The second kappa shape index (κ2) is 7.07. The molecule has 0 bridgehead atoms. The van der Waals surface area contributed by atoms with Crippen LogP contribution in [0.25, 0.3) is 0 Å². The van der Waals surface area contributed by atoms with Gasteiger partial charge in [-0.25, -0.2) is 0 Å². The van der Waals surface area contributed by atoms with Gasteiger partial charge >= 0.3 is 0 Å². The molecule has 2 aromatic rings. The third kappa shape index (κ3) is 3.57. The van der Waals surface area contributed by atoms with E-state index in [1.165, 1.54) is 10.4 Å². The van der Waals surface area contributed by atoms with Gasteiger partial charge in [0.15, 0.2) is 0 Å². The molecule has 0 aliphatic heterocycles. The standard InChI is InChI=1S/C18H21NO2S/c1-21-10-9-19(13-15-8-5-11-22-15)18(20)17-12-16(17)14-6-3-2-4-7-14/h2-8,11,16-17H,9-10,12-13H2,1H3/t16-,17+/m0/s1. The molecule has 116 valence electrons. The van der Waals surface area contributed by atoms with Crippen molar-refractivity contribution in [1.29, 1.82) is 0 Å². The Labute approximate surface area is 135 Å². The molecule has 1 heterocycles. The number of hydrogen-bond donors (Lipinski definition) is 0. The zero-order valence-corrected chi connectivity index (χ0v) is 13.6. The van der Waals surface area contributed by atoms with Gasteiger partial charge in [-0.3, -0.25) is 4.79 Å². The van der Waals surface area contributed by atoms with Gasteiger partial charge in [0, 0.05) is 24.4 Å². The Morgan fingerprint density at radius 2 is 2.09 bits per heavy atom. The average Bonchev–Trinajstić information content (AvgIpc) is 3.20. The number of benzene rings is 1. The van der Waals surface area contributed by atoms with Gasteiger partial charge in [0.25, 0.3) is 0 Å². The van der Waals surface area contributed by atoms with Crippen LogP contribution in [0.1, 0.15) is 22.8 Å². The Morgan fingerprint density at radius 3 is 2.77 bits per heavy atom. The topological polar surface area (TPSA) is 29.5 Å². The molecule has 3 nitrogen and oxygen atoms in total. The number of methoxy groups -OCH3 is 1. The quantitative estimate of drug-likeness (QED) is 0.782. The largest absolute Gasteiger partial charge is 0.383 e. The maximum Gasteiger partial charge on any atom is 0.226 e. The predicted molar refractivity (Wildman–Crippen MR) is 88.9 cm³/mol. The molecule has 1 aromatic carbocycles. The van der Waals surface area contributed by atoms with Crippen LogP contribution in [0.5, 0.6) is 0 Å². The fraction of sp³-hybridized carbons (Fsp3) is 0.389. The summed E-state index contributed by atoms with van der Waals surface area (Å²) in [5.41, 5.74) is 1.28. The van der Waals surface area contributed by atoms with E-state index in [9.17, 15) is 4.79 Å². The van der Waals surface area contributed by atoms with Gasteiger partial charge in [0.05, 0.1) is 13.2 Å². The van der Waals surface area contributed by atoms with Crippen molar-refractivity contribution in [2.75, 3.05) is 20.3 Å². The number of nitrogens with zero attached hydrogens (tertiary/aromatic N) is 1. The SMILES string of the molecule is COCCN(Cc1cccs1)C(=O)[C@@H]1C[C@H]1c1ccccc1. The summed E-state index contributed by atoms with van der Waals surface area (Å²) in [6.07, 6.45) is 0.969. The van der Waals surface area contributed by atoms with Crippen molar-refractivity contribution < 1.29 is 9.53 Å². The summed E-state index contributed by atoms with van der Waals surface area (Å²) in [6.45, 7) is 1.93. The van der Waals surface area contributed by atoms with Crippen LogP contribution >= 0.6 is 11.3 Å². The Hall–Kier alpha value is -1.65. The van der Waals surface area contributed by atoms with E-state index in [1.807, 2.05) is 29.2 Å². The molecule has 2 atom stereocenters. The number of hydrogen-bond acceptors (Lipinski definition) is 3. The number of rotatable bonds is 7. The van der Waals surface area contributed by atoms with Crippen molar-refractivity contribution in [2.24, 2.45) is 5.92 Å². The molecule has 4 heteroatoms. The minimum Gasteiger partial charge on any atom is -0.383 e. The van der Waals surface area contributed by atoms with Gasteiger partial charge in [0.1, 0.15) is 0 Å². The van der Waals surface area contributed by atoms with E-state index in [2.05, 4.69) is 23.6 Å². The Morgan fingerprint density at radius 1 is 1.27 bits per heavy atom. The van der Waals surface area contributed by atoms with Crippen molar-refractivity contribution in [3.8, 4) is 0 Å². The van der Waals surface area contributed by atoms with Crippen molar-refractivity contribution in [3.63, 3.8) is 0 Å². The Bertz CT molecular complexity index is 597. The first-order chi connectivity index (χ1) is 10.8. The molecule has 3 rings (SSSR count). The van der Waals surface area contributed by atoms with Crippen molar-refractivity contribution >= 4 is 17.2 Å². The van der Waals surface area contributed by atoms with E-state index >= 15 is 0 Å². The third-order valence-corrected chi connectivity index (χ3v) is 5.00. The van der Waals surface area contributed by atoms with Gasteiger partial charge in [0.2, 0.25) is 5.91 Å². The van der Waals surface area contributed by atoms with Crippen LogP contribution < -0.4 is 0 Å². The van der Waals surface area contributed by atoms with Crippen molar-refractivity contribution in [2.45, 2.75) is 18.9 Å². The first kappa shape index (κ1) is 15.3. The zero-order valence-electron chi connectivity index (χ0n) is 12.8. The first-order valence-corrected chi connectivity index (χ1v) is 8.52. The predicted octanol–water partition coefficient (Wildman–Crippen LogP) is 3.53. The molecule has 1 aliphatic carbocycles. The molecule has 0 saturated heterocycles. The summed E-state index contributed by atoms with van der Waals surface area (Å²) < 4.78 is 5.16. The lowest BCUT2D eigenvalue weighted by atomic mass is 10.1. The molecule has 1 aliphatic rings. The van der Waals surface area contributed by atoms with E-state index in [0.29, 0.717) is 25.6 Å². The summed E-state index contributed by atoms with van der Waals surface area (Å²) in [5.74, 6) is 0.792. The highest BCUT2D eigenvalue weighted by Gasteiger charge is 2.45. The Kier molecular flexibility index (Phi) is 4.90. The Balaban J connectivity index is 1.65. The van der Waals surface area contributed by atoms with Crippen molar-refractivity contribution in [1.82, 2.24) is 4.90 Å². The van der Waals surface area contributed by atoms with Crippen LogP contribution in [-0.2, 0) is 16.1 Å². The van der Waals surface area contributed by atoms with E-state index in [0.717, 1.165) is 6.42 Å². The summed E-state index contributed by atoms with van der Waals surface area (Å²) in [7, 11) is 1.68. The highest BCUT2D eigenvalue weighted by Crippen LogP contribution is 2.48. The van der Waals surface area contributed by atoms with Crippen LogP contribution in [0.15, 0.2) is 47.8 Å². The molecule has 1 aromatic heterocycles. The molecule has 22 heavy (non-hydrogen) atoms. The second-order valence-corrected chi connectivity index (χ2v) is 6.72. The molecule has 0 N–H and O–H groups in total. The smallest absolute Gasteiger partial charge is 0.226 e. The molecule has 0 spiro atoms. The van der Waals surface area contributed by atoms with Crippen LogP contribution in [0.2, 0.25) is 0 Å². The lowest BCUT2D eigenvalue weighted by Crippen LogP contribution is -2.34. The van der Waals surface area contributed by atoms with Gasteiger partial charge in [-0.15, -0.1) is 11.3 Å². The first-order valence-electron chi connectivity index (χ1n) is 7.64. The summed E-state index contributed by atoms with van der Waals surface area (Å²) in [4.78, 5) is 16.0. The van der Waals surface area contributed by atoms with Crippen LogP contribution in [0, 0.1) is 5.92 Å². The lowest BCUT2D eigenvalue weighted by molar-refractivity contribution is -0.133. The summed E-state index contributed by atoms with van der Waals surface area (Å²) in [6, 6.07) is 14.5. The molecule has 0 unspecified atom stereocenters. The van der Waals surface area contributed by atoms with Gasteiger partial charge in [-0.05, 0) is 29.3 Å². The molecule has 0 radical (unpaired) electrons. The third-order valence-electron chi connectivity index (χ3n) is 4.14. The van der Waals surface area contributed by atoms with Gasteiger partial charge in [-0.2, -0.15) is 0 Å². The van der Waals surface area contributed by atoms with Crippen LogP contribution in [-0.4, -0.2) is 31.1 Å². The molecular weight excluding hydrogens is 294 g/mol. The maximum absolute atomic E-state index is 12.8. The number of thiophene rings is 1. The maximum atomic E-state index is 12.8. The minimum atomic E-state index is 0.138. The lowest BCUT2D eigenvalue weighted by Gasteiger charge is -2.22. The van der Waals surface area contributed by atoms with E-state index in [1.54, 1.807) is 18.4 Å². The van der Waals surface area contributed by atoms with E-state index in [4.69, 9.17) is 4.74 Å². The molecule has 1 amide bonds. The highest BCUT2D eigenvalue weighted by atomic mass is 32.1. The van der Waals surface area contributed by atoms with E-state index in [-0.39, 0.29) is 11.8 Å². The minimum absolute atomic E-state index is 0.138. The monoisotopic (exact) mass is 315 g/mol. The summed E-state index contributed by atoms with van der Waals surface area (Å²) >= 11 is 1.70. The van der Waals surface area contributed by atoms with Crippen LogP contribution in [0.4, 0.5) is 0 Å². The van der Waals surface area contributed by atoms with Gasteiger partial charge < -0.3 is 9.64 Å². The van der Waals surface area contributed by atoms with Gasteiger partial charge in [-0.1, -0.05) is 36.4 Å². The fourth-order valence-corrected chi connectivity index (χ4v) is 3.55. The number of ether oxygens (including phenoxy) is 1. The highest BCUT2D eigenvalue weighted by molar-refractivity contribution is 7.09. The zero-order chi connectivity index (χ0) is 15.4.